The van der Waals surface area contributed by atoms with Crippen molar-refractivity contribution in [3.8, 4) is 0 Å². The fourth-order valence-corrected chi connectivity index (χ4v) is 2.77. The van der Waals surface area contributed by atoms with E-state index in [-0.39, 0.29) is 29.2 Å². The van der Waals surface area contributed by atoms with Gasteiger partial charge < -0.3 is 5.32 Å². The van der Waals surface area contributed by atoms with Gasteiger partial charge in [-0.1, -0.05) is 13.8 Å². The molecular weight excluding hydrogens is 318 g/mol. The fraction of sp³-hybridized carbons (Fsp3) is 0.263. The van der Waals surface area contributed by atoms with Crippen LogP contribution in [0.15, 0.2) is 36.5 Å². The van der Waals surface area contributed by atoms with Crippen LogP contribution in [-0.2, 0) is 0 Å². The van der Waals surface area contributed by atoms with E-state index >= 15 is 0 Å². The quantitative estimate of drug-likeness (QED) is 0.870. The van der Waals surface area contributed by atoms with Crippen molar-refractivity contribution in [3.63, 3.8) is 0 Å². The topological polar surface area (TPSA) is 79.4 Å². The number of nitrogens with zero attached hydrogens (tertiary/aromatic N) is 2. The summed E-state index contributed by atoms with van der Waals surface area (Å²) in [6.07, 6.45) is 1.65. The van der Waals surface area contributed by atoms with Crippen molar-refractivity contribution in [2.24, 2.45) is 5.92 Å². The molecule has 1 aliphatic rings. The van der Waals surface area contributed by atoms with E-state index in [4.69, 9.17) is 0 Å². The SMILES string of the molecule is Cc1ncccc1NC(=O)c1ccc2c(c1)C(=O)N(CC(C)C)C2=O. The minimum atomic E-state index is -0.346. The molecule has 2 heterocycles. The van der Waals surface area contributed by atoms with Gasteiger partial charge >= 0.3 is 0 Å². The van der Waals surface area contributed by atoms with Gasteiger partial charge in [-0.25, -0.2) is 0 Å². The predicted octanol–water partition coefficient (Wildman–Crippen LogP) is 2.89. The van der Waals surface area contributed by atoms with Crippen molar-refractivity contribution in [2.75, 3.05) is 11.9 Å². The summed E-state index contributed by atoms with van der Waals surface area (Å²) < 4.78 is 0. The molecule has 0 spiro atoms. The minimum absolute atomic E-state index is 0.179. The Kier molecular flexibility index (Phi) is 4.35. The first-order valence-electron chi connectivity index (χ1n) is 8.11. The zero-order chi connectivity index (χ0) is 18.1. The van der Waals surface area contributed by atoms with Gasteiger partial charge in [0.25, 0.3) is 17.7 Å². The van der Waals surface area contributed by atoms with Crippen LogP contribution in [0.1, 0.15) is 50.6 Å². The van der Waals surface area contributed by atoms with E-state index in [9.17, 15) is 14.4 Å². The highest BCUT2D eigenvalue weighted by molar-refractivity contribution is 6.22. The lowest BCUT2D eigenvalue weighted by Crippen LogP contribution is -2.33. The molecule has 0 radical (unpaired) electrons. The Balaban J connectivity index is 1.87. The number of aromatic nitrogens is 1. The van der Waals surface area contributed by atoms with Crippen molar-refractivity contribution in [3.05, 3.63) is 58.9 Å². The molecule has 0 saturated heterocycles. The average Bonchev–Trinajstić information content (AvgIpc) is 2.81. The van der Waals surface area contributed by atoms with Crippen LogP contribution in [0, 0.1) is 12.8 Å². The fourth-order valence-electron chi connectivity index (χ4n) is 2.77. The number of amides is 3. The van der Waals surface area contributed by atoms with Crippen LogP contribution in [0.2, 0.25) is 0 Å². The molecule has 25 heavy (non-hydrogen) atoms. The number of rotatable bonds is 4. The summed E-state index contributed by atoms with van der Waals surface area (Å²) in [5.74, 6) is -0.815. The highest BCUT2D eigenvalue weighted by atomic mass is 16.2. The second-order valence-electron chi connectivity index (χ2n) is 6.47. The van der Waals surface area contributed by atoms with Crippen molar-refractivity contribution >= 4 is 23.4 Å². The Labute approximate surface area is 145 Å². The smallest absolute Gasteiger partial charge is 0.261 e. The maximum atomic E-state index is 12.5. The number of benzene rings is 1. The number of aryl methyl sites for hydroxylation is 1. The summed E-state index contributed by atoms with van der Waals surface area (Å²) in [5, 5.41) is 2.78. The van der Waals surface area contributed by atoms with Crippen molar-refractivity contribution in [1.29, 1.82) is 0 Å². The van der Waals surface area contributed by atoms with Crippen LogP contribution < -0.4 is 5.32 Å². The van der Waals surface area contributed by atoms with Gasteiger partial charge in [0.15, 0.2) is 0 Å². The third-order valence-corrected chi connectivity index (χ3v) is 4.04. The van der Waals surface area contributed by atoms with Gasteiger partial charge in [-0.2, -0.15) is 0 Å². The third kappa shape index (κ3) is 3.15. The zero-order valence-electron chi connectivity index (χ0n) is 14.4. The molecule has 0 saturated carbocycles. The third-order valence-electron chi connectivity index (χ3n) is 4.04. The predicted molar refractivity (Wildman–Crippen MR) is 93.6 cm³/mol. The van der Waals surface area contributed by atoms with Crippen LogP contribution in [0.3, 0.4) is 0 Å². The first-order valence-corrected chi connectivity index (χ1v) is 8.11. The van der Waals surface area contributed by atoms with Crippen molar-refractivity contribution < 1.29 is 14.4 Å². The lowest BCUT2D eigenvalue weighted by Gasteiger charge is -2.15. The summed E-state index contributed by atoms with van der Waals surface area (Å²) >= 11 is 0. The summed E-state index contributed by atoms with van der Waals surface area (Å²) in [4.78, 5) is 42.7. The Morgan fingerprint density at radius 1 is 1.16 bits per heavy atom. The largest absolute Gasteiger partial charge is 0.320 e. The average molecular weight is 337 g/mol. The first kappa shape index (κ1) is 16.8. The van der Waals surface area contributed by atoms with Crippen LogP contribution in [-0.4, -0.2) is 34.2 Å². The molecule has 1 N–H and O–H groups in total. The van der Waals surface area contributed by atoms with Crippen LogP contribution in [0.4, 0.5) is 5.69 Å². The van der Waals surface area contributed by atoms with E-state index in [1.807, 2.05) is 13.8 Å². The summed E-state index contributed by atoms with van der Waals surface area (Å²) in [6, 6.07) is 8.08. The molecule has 128 valence electrons. The number of hydrogen-bond donors (Lipinski definition) is 1. The molecule has 0 unspecified atom stereocenters. The van der Waals surface area contributed by atoms with Crippen LogP contribution >= 0.6 is 0 Å². The number of nitrogens with one attached hydrogen (secondary N) is 1. The van der Waals surface area contributed by atoms with Gasteiger partial charge in [0.05, 0.1) is 22.5 Å². The Morgan fingerprint density at radius 3 is 2.56 bits per heavy atom. The van der Waals surface area contributed by atoms with Gasteiger partial charge in [0.1, 0.15) is 0 Å². The molecular formula is C19H19N3O3. The lowest BCUT2D eigenvalue weighted by atomic mass is 10.1. The van der Waals surface area contributed by atoms with Gasteiger partial charge in [-0.05, 0) is 43.2 Å². The molecule has 3 amide bonds. The summed E-state index contributed by atoms with van der Waals surface area (Å²) in [7, 11) is 0. The van der Waals surface area contributed by atoms with E-state index in [1.54, 1.807) is 37.4 Å². The minimum Gasteiger partial charge on any atom is -0.320 e. The molecule has 3 rings (SSSR count). The zero-order valence-corrected chi connectivity index (χ0v) is 14.4. The lowest BCUT2D eigenvalue weighted by molar-refractivity contribution is 0.0636. The molecule has 2 aromatic rings. The van der Waals surface area contributed by atoms with Gasteiger partial charge in [0, 0.05) is 18.3 Å². The summed E-state index contributed by atoms with van der Waals surface area (Å²) in [5.41, 5.74) is 2.26. The Hall–Kier alpha value is -3.02. The molecule has 6 heteroatoms. The number of anilines is 1. The number of hydrogen-bond acceptors (Lipinski definition) is 4. The number of fused-ring (bicyclic) bond motifs is 1. The van der Waals surface area contributed by atoms with E-state index in [0.29, 0.717) is 29.1 Å². The molecule has 1 aromatic heterocycles. The molecule has 0 atom stereocenters. The molecule has 0 fully saturated rings. The molecule has 1 aromatic carbocycles. The van der Waals surface area contributed by atoms with E-state index < -0.39 is 0 Å². The van der Waals surface area contributed by atoms with Crippen LogP contribution in [0.5, 0.6) is 0 Å². The van der Waals surface area contributed by atoms with Crippen molar-refractivity contribution in [1.82, 2.24) is 9.88 Å². The summed E-state index contributed by atoms with van der Waals surface area (Å²) in [6.45, 7) is 6.05. The van der Waals surface area contributed by atoms with E-state index in [1.165, 1.54) is 11.0 Å². The Morgan fingerprint density at radius 2 is 1.88 bits per heavy atom. The number of carbonyl (C=O) groups is 3. The molecule has 6 nitrogen and oxygen atoms in total. The number of carbonyl (C=O) groups excluding carboxylic acids is 3. The van der Waals surface area contributed by atoms with Gasteiger partial charge in [-0.3, -0.25) is 24.3 Å². The molecule has 1 aliphatic heterocycles. The Bertz CT molecular complexity index is 874. The number of imide groups is 1. The maximum absolute atomic E-state index is 12.5. The standard InChI is InChI=1S/C19H19N3O3/c1-11(2)10-22-18(24)14-7-6-13(9-15(14)19(22)25)17(23)21-16-5-4-8-20-12(16)3/h4-9,11H,10H2,1-3H3,(H,21,23). The highest BCUT2D eigenvalue weighted by Gasteiger charge is 2.36. The van der Waals surface area contributed by atoms with Crippen molar-refractivity contribution in [2.45, 2.75) is 20.8 Å². The monoisotopic (exact) mass is 337 g/mol. The molecule has 0 aliphatic carbocycles. The second-order valence-corrected chi connectivity index (χ2v) is 6.47. The van der Waals surface area contributed by atoms with E-state index in [0.717, 1.165) is 0 Å². The normalized spacial score (nSPS) is 13.4. The van der Waals surface area contributed by atoms with E-state index in [2.05, 4.69) is 10.3 Å². The first-order chi connectivity index (χ1) is 11.9. The highest BCUT2D eigenvalue weighted by Crippen LogP contribution is 2.25. The number of pyridine rings is 1. The second kappa shape index (κ2) is 6.47. The maximum Gasteiger partial charge on any atom is 0.261 e. The van der Waals surface area contributed by atoms with Crippen LogP contribution in [0.25, 0.3) is 0 Å². The van der Waals surface area contributed by atoms with Gasteiger partial charge in [-0.15, -0.1) is 0 Å². The molecule has 0 bridgehead atoms. The van der Waals surface area contributed by atoms with Gasteiger partial charge in [0.2, 0.25) is 0 Å².